The van der Waals surface area contributed by atoms with Gasteiger partial charge in [-0.15, -0.1) is 0 Å². The molecule has 1 fully saturated rings. The van der Waals surface area contributed by atoms with Gasteiger partial charge in [0.25, 0.3) is 0 Å². The molecule has 0 spiro atoms. The van der Waals surface area contributed by atoms with Gasteiger partial charge in [-0.05, 0) is 25.7 Å². The van der Waals surface area contributed by atoms with Crippen molar-refractivity contribution in [1.82, 2.24) is 5.32 Å². The quantitative estimate of drug-likeness (QED) is 0.775. The fourth-order valence-corrected chi connectivity index (χ4v) is 1.69. The van der Waals surface area contributed by atoms with E-state index in [1.807, 2.05) is 0 Å². The van der Waals surface area contributed by atoms with Crippen LogP contribution in [-0.4, -0.2) is 22.1 Å². The Morgan fingerprint density at radius 3 is 2.75 bits per heavy atom. The largest absolute Gasteiger partial charge is 0.352 e. The van der Waals surface area contributed by atoms with Gasteiger partial charge in [-0.25, -0.2) is 0 Å². The van der Waals surface area contributed by atoms with Crippen LogP contribution in [-0.2, 0) is 4.79 Å². The molecule has 1 rings (SSSR count). The number of carbonyl (C=O) groups excluding carboxylic acids is 1. The summed E-state index contributed by atoms with van der Waals surface area (Å²) in [4.78, 5) is 11.3. The Balaban J connectivity index is 2.11. The molecule has 2 nitrogen and oxygen atoms in total. The number of carbonyl (C=O) groups is 1. The van der Waals surface area contributed by atoms with E-state index in [1.165, 1.54) is 0 Å². The molecule has 0 aliphatic heterocycles. The van der Waals surface area contributed by atoms with Crippen molar-refractivity contribution in [3.63, 3.8) is 0 Å². The first-order valence-electron chi connectivity index (χ1n) is 4.24. The molecule has 1 amide bonds. The molecule has 0 aromatic rings. The lowest BCUT2D eigenvalue weighted by Crippen LogP contribution is -2.32. The van der Waals surface area contributed by atoms with E-state index in [9.17, 15) is 4.79 Å². The summed E-state index contributed by atoms with van der Waals surface area (Å²) in [7, 11) is 0. The number of amides is 1. The summed E-state index contributed by atoms with van der Waals surface area (Å²) in [6.45, 7) is 0. The van der Waals surface area contributed by atoms with Gasteiger partial charge < -0.3 is 5.32 Å². The zero-order valence-electron chi connectivity index (χ0n) is 6.85. The standard InChI is InChI=1S/C8H13Br2NO/c9-5-1-2-7(10)8(12)11-6-3-4-6/h6-7H,1-5H2,(H,11,12)/t7-/m0/s1. The van der Waals surface area contributed by atoms with Crippen molar-refractivity contribution in [1.29, 1.82) is 0 Å². The van der Waals surface area contributed by atoms with Crippen LogP contribution in [0.2, 0.25) is 0 Å². The van der Waals surface area contributed by atoms with Crippen LogP contribution in [0.5, 0.6) is 0 Å². The maximum Gasteiger partial charge on any atom is 0.233 e. The minimum Gasteiger partial charge on any atom is -0.352 e. The molecular weight excluding hydrogens is 286 g/mol. The smallest absolute Gasteiger partial charge is 0.233 e. The molecule has 1 saturated carbocycles. The number of hydrogen-bond donors (Lipinski definition) is 1. The van der Waals surface area contributed by atoms with E-state index in [4.69, 9.17) is 0 Å². The highest BCUT2D eigenvalue weighted by atomic mass is 79.9. The monoisotopic (exact) mass is 297 g/mol. The first-order chi connectivity index (χ1) is 5.74. The summed E-state index contributed by atoms with van der Waals surface area (Å²) in [6, 6.07) is 0.474. The van der Waals surface area contributed by atoms with Gasteiger partial charge in [-0.1, -0.05) is 31.9 Å². The van der Waals surface area contributed by atoms with Gasteiger partial charge in [-0.2, -0.15) is 0 Å². The van der Waals surface area contributed by atoms with Crippen LogP contribution in [0.15, 0.2) is 0 Å². The van der Waals surface area contributed by atoms with Crippen molar-refractivity contribution >= 4 is 37.8 Å². The normalized spacial score (nSPS) is 18.8. The molecule has 70 valence electrons. The van der Waals surface area contributed by atoms with Crippen molar-refractivity contribution in [3.05, 3.63) is 0 Å². The molecular formula is C8H13Br2NO. The van der Waals surface area contributed by atoms with Crippen molar-refractivity contribution < 1.29 is 4.79 Å². The van der Waals surface area contributed by atoms with Gasteiger partial charge in [0.1, 0.15) is 0 Å². The molecule has 0 unspecified atom stereocenters. The molecule has 0 radical (unpaired) electrons. The van der Waals surface area contributed by atoms with Crippen LogP contribution in [0.1, 0.15) is 25.7 Å². The van der Waals surface area contributed by atoms with Crippen molar-refractivity contribution in [2.24, 2.45) is 0 Å². The number of alkyl halides is 2. The molecule has 1 atom stereocenters. The number of hydrogen-bond acceptors (Lipinski definition) is 1. The molecule has 4 heteroatoms. The van der Waals surface area contributed by atoms with Crippen molar-refractivity contribution in [2.45, 2.75) is 36.6 Å². The molecule has 0 saturated heterocycles. The average Bonchev–Trinajstić information content (AvgIpc) is 2.83. The zero-order valence-corrected chi connectivity index (χ0v) is 10.0. The van der Waals surface area contributed by atoms with Gasteiger partial charge in [-0.3, -0.25) is 4.79 Å². The second kappa shape index (κ2) is 5.22. The van der Waals surface area contributed by atoms with Gasteiger partial charge in [0.15, 0.2) is 0 Å². The third-order valence-electron chi connectivity index (χ3n) is 1.80. The van der Waals surface area contributed by atoms with Gasteiger partial charge in [0.05, 0.1) is 4.83 Å². The van der Waals surface area contributed by atoms with E-state index in [0.29, 0.717) is 6.04 Å². The Morgan fingerprint density at radius 1 is 1.58 bits per heavy atom. The molecule has 12 heavy (non-hydrogen) atoms. The Labute approximate surface area is 89.7 Å². The maximum absolute atomic E-state index is 11.3. The SMILES string of the molecule is O=C(NC1CC1)[C@@H](Br)CCCBr. The Bertz CT molecular complexity index is 159. The fourth-order valence-electron chi connectivity index (χ4n) is 0.907. The Morgan fingerprint density at radius 2 is 2.25 bits per heavy atom. The highest BCUT2D eigenvalue weighted by Gasteiger charge is 2.25. The summed E-state index contributed by atoms with van der Waals surface area (Å²) in [6.07, 6.45) is 4.26. The van der Waals surface area contributed by atoms with Crippen molar-refractivity contribution in [2.75, 3.05) is 5.33 Å². The molecule has 1 aliphatic carbocycles. The summed E-state index contributed by atoms with van der Waals surface area (Å²) in [5.41, 5.74) is 0. The van der Waals surface area contributed by atoms with Crippen LogP contribution >= 0.6 is 31.9 Å². The van der Waals surface area contributed by atoms with E-state index >= 15 is 0 Å². The lowest BCUT2D eigenvalue weighted by Gasteiger charge is -2.08. The Hall–Kier alpha value is 0.430. The van der Waals surface area contributed by atoms with Crippen LogP contribution in [0.3, 0.4) is 0 Å². The average molecular weight is 299 g/mol. The van der Waals surface area contributed by atoms with Crippen LogP contribution in [0.25, 0.3) is 0 Å². The van der Waals surface area contributed by atoms with Crippen LogP contribution < -0.4 is 5.32 Å². The lowest BCUT2D eigenvalue weighted by molar-refractivity contribution is -0.120. The molecule has 0 aromatic heterocycles. The lowest BCUT2D eigenvalue weighted by atomic mass is 10.2. The minimum absolute atomic E-state index is 0.00403. The fraction of sp³-hybridized carbons (Fsp3) is 0.875. The third kappa shape index (κ3) is 3.90. The second-order valence-corrected chi connectivity index (χ2v) is 4.98. The van der Waals surface area contributed by atoms with E-state index in [1.54, 1.807) is 0 Å². The highest BCUT2D eigenvalue weighted by molar-refractivity contribution is 9.10. The summed E-state index contributed by atoms with van der Waals surface area (Å²) < 4.78 is 0. The third-order valence-corrected chi connectivity index (χ3v) is 3.23. The summed E-state index contributed by atoms with van der Waals surface area (Å²) in [5, 5.41) is 3.93. The highest BCUT2D eigenvalue weighted by Crippen LogP contribution is 2.20. The molecule has 0 heterocycles. The first kappa shape index (κ1) is 10.5. The summed E-state index contributed by atoms with van der Waals surface area (Å²) >= 11 is 6.71. The summed E-state index contributed by atoms with van der Waals surface area (Å²) in [5.74, 6) is 0.151. The topological polar surface area (TPSA) is 29.1 Å². The van der Waals surface area contributed by atoms with Gasteiger partial charge in [0, 0.05) is 11.4 Å². The van der Waals surface area contributed by atoms with E-state index in [-0.39, 0.29) is 10.7 Å². The second-order valence-electron chi connectivity index (χ2n) is 3.08. The molecule has 1 aliphatic rings. The molecule has 0 bridgehead atoms. The van der Waals surface area contributed by atoms with Crippen LogP contribution in [0.4, 0.5) is 0 Å². The maximum atomic E-state index is 11.3. The van der Waals surface area contributed by atoms with Gasteiger partial charge in [0.2, 0.25) is 5.91 Å². The predicted octanol–water partition coefficient (Wildman–Crippen LogP) is 2.20. The zero-order chi connectivity index (χ0) is 8.97. The number of halogens is 2. The van der Waals surface area contributed by atoms with E-state index in [2.05, 4.69) is 37.2 Å². The number of rotatable bonds is 5. The first-order valence-corrected chi connectivity index (χ1v) is 6.28. The Kier molecular flexibility index (Phi) is 4.57. The van der Waals surface area contributed by atoms with E-state index < -0.39 is 0 Å². The molecule has 1 N–H and O–H groups in total. The van der Waals surface area contributed by atoms with Crippen molar-refractivity contribution in [3.8, 4) is 0 Å². The number of nitrogens with one attached hydrogen (secondary N) is 1. The van der Waals surface area contributed by atoms with Crippen LogP contribution in [0, 0.1) is 0 Å². The van der Waals surface area contributed by atoms with E-state index in [0.717, 1.165) is 31.0 Å². The van der Waals surface area contributed by atoms with Gasteiger partial charge >= 0.3 is 0 Å². The minimum atomic E-state index is -0.00403. The molecule has 0 aromatic carbocycles. The predicted molar refractivity (Wildman–Crippen MR) is 56.9 cm³/mol.